The van der Waals surface area contributed by atoms with E-state index in [1.807, 2.05) is 34.5 Å². The molecule has 1 amide bonds. The number of thiazole rings is 1. The van der Waals surface area contributed by atoms with Gasteiger partial charge in [-0.2, -0.15) is 0 Å². The molecule has 2 aromatic heterocycles. The minimum Gasteiger partial charge on any atom is -0.493 e. The molecule has 3 aromatic rings. The molecule has 3 heterocycles. The second kappa shape index (κ2) is 9.70. The van der Waals surface area contributed by atoms with Crippen LogP contribution in [0.4, 0.5) is 0 Å². The highest BCUT2D eigenvalue weighted by Gasteiger charge is 2.31. The SMILES string of the molecule is COc1ccc(-c2nc(C)c(C(=O)OCC(=O)N3CCCC3c3cccs3)s2)cc1OC. The van der Waals surface area contributed by atoms with Crippen molar-refractivity contribution in [2.45, 2.75) is 25.8 Å². The molecule has 0 N–H and O–H groups in total. The number of methoxy groups -OCH3 is 2. The number of likely N-dealkylation sites (tertiary alicyclic amines) is 1. The van der Waals surface area contributed by atoms with Crippen LogP contribution in [0.3, 0.4) is 0 Å². The number of ether oxygens (including phenoxy) is 3. The maximum absolute atomic E-state index is 12.7. The fraction of sp³-hybridized carbons (Fsp3) is 0.348. The highest BCUT2D eigenvalue weighted by molar-refractivity contribution is 7.17. The molecule has 32 heavy (non-hydrogen) atoms. The van der Waals surface area contributed by atoms with E-state index in [9.17, 15) is 9.59 Å². The van der Waals surface area contributed by atoms with E-state index in [2.05, 4.69) is 4.98 Å². The van der Waals surface area contributed by atoms with E-state index in [-0.39, 0.29) is 18.6 Å². The van der Waals surface area contributed by atoms with E-state index in [4.69, 9.17) is 14.2 Å². The molecule has 1 aliphatic heterocycles. The molecule has 1 fully saturated rings. The lowest BCUT2D eigenvalue weighted by Gasteiger charge is -2.23. The average Bonchev–Trinajstić information content (AvgIpc) is 3.57. The number of hydrogen-bond acceptors (Lipinski definition) is 8. The van der Waals surface area contributed by atoms with Crippen molar-refractivity contribution in [3.63, 3.8) is 0 Å². The zero-order valence-corrected chi connectivity index (χ0v) is 19.8. The Morgan fingerprint density at radius 2 is 2.00 bits per heavy atom. The summed E-state index contributed by atoms with van der Waals surface area (Å²) in [5.74, 6) is 0.493. The van der Waals surface area contributed by atoms with E-state index in [1.165, 1.54) is 16.2 Å². The first-order valence-electron chi connectivity index (χ1n) is 10.2. The fourth-order valence-electron chi connectivity index (χ4n) is 3.80. The second-order valence-corrected chi connectivity index (χ2v) is 9.32. The molecule has 0 spiro atoms. The van der Waals surface area contributed by atoms with Crippen molar-refractivity contribution in [2.75, 3.05) is 27.4 Å². The van der Waals surface area contributed by atoms with E-state index in [0.29, 0.717) is 33.6 Å². The lowest BCUT2D eigenvalue weighted by Crippen LogP contribution is -2.34. The molecular formula is C23H24N2O5S2. The van der Waals surface area contributed by atoms with Gasteiger partial charge in [0.2, 0.25) is 0 Å². The van der Waals surface area contributed by atoms with Crippen molar-refractivity contribution < 1.29 is 23.8 Å². The molecule has 1 aliphatic rings. The number of aromatic nitrogens is 1. The third kappa shape index (κ3) is 4.49. The Morgan fingerprint density at radius 1 is 1.19 bits per heavy atom. The number of amides is 1. The van der Waals surface area contributed by atoms with E-state index < -0.39 is 5.97 Å². The first-order chi connectivity index (χ1) is 15.5. The molecule has 4 rings (SSSR count). The molecule has 1 saturated heterocycles. The Labute approximate surface area is 194 Å². The molecule has 0 aliphatic carbocycles. The maximum Gasteiger partial charge on any atom is 0.350 e. The summed E-state index contributed by atoms with van der Waals surface area (Å²) in [6, 6.07) is 9.57. The number of nitrogens with zero attached hydrogens (tertiary/aromatic N) is 2. The van der Waals surface area contributed by atoms with Gasteiger partial charge in [-0.3, -0.25) is 4.79 Å². The predicted octanol–water partition coefficient (Wildman–Crippen LogP) is 4.72. The van der Waals surface area contributed by atoms with Crippen molar-refractivity contribution in [1.29, 1.82) is 0 Å². The monoisotopic (exact) mass is 472 g/mol. The summed E-state index contributed by atoms with van der Waals surface area (Å²) in [5.41, 5.74) is 1.37. The van der Waals surface area contributed by atoms with E-state index in [1.54, 1.807) is 38.5 Å². The van der Waals surface area contributed by atoms with Gasteiger partial charge in [-0.05, 0) is 49.4 Å². The van der Waals surface area contributed by atoms with Gasteiger partial charge in [-0.25, -0.2) is 9.78 Å². The van der Waals surface area contributed by atoms with Crippen LogP contribution in [0.2, 0.25) is 0 Å². The van der Waals surface area contributed by atoms with Gasteiger partial charge in [0, 0.05) is 17.0 Å². The number of aryl methyl sites for hydroxylation is 1. The van der Waals surface area contributed by atoms with Crippen molar-refractivity contribution in [3.8, 4) is 22.1 Å². The molecule has 0 radical (unpaired) electrons. The summed E-state index contributed by atoms with van der Waals surface area (Å²) >= 11 is 2.88. The number of carbonyl (C=O) groups excluding carboxylic acids is 2. The minimum absolute atomic E-state index is 0.0722. The quantitative estimate of drug-likeness (QED) is 0.463. The highest BCUT2D eigenvalue weighted by atomic mass is 32.1. The summed E-state index contributed by atoms with van der Waals surface area (Å²) < 4.78 is 16.0. The first-order valence-corrected chi connectivity index (χ1v) is 11.9. The lowest BCUT2D eigenvalue weighted by molar-refractivity contribution is -0.135. The predicted molar refractivity (Wildman–Crippen MR) is 124 cm³/mol. The minimum atomic E-state index is -0.535. The Bertz CT molecular complexity index is 1110. The van der Waals surface area contributed by atoms with Crippen molar-refractivity contribution in [2.24, 2.45) is 0 Å². The number of benzene rings is 1. The number of thiophene rings is 1. The zero-order valence-electron chi connectivity index (χ0n) is 18.1. The highest BCUT2D eigenvalue weighted by Crippen LogP contribution is 2.36. The van der Waals surface area contributed by atoms with Crippen LogP contribution in [0.15, 0.2) is 35.7 Å². The summed E-state index contributed by atoms with van der Waals surface area (Å²) in [5, 5.41) is 2.68. The third-order valence-corrected chi connectivity index (χ3v) is 7.54. The Morgan fingerprint density at radius 3 is 2.72 bits per heavy atom. The molecule has 0 saturated carbocycles. The average molecular weight is 473 g/mol. The molecule has 1 atom stereocenters. The van der Waals surface area contributed by atoms with Gasteiger partial charge in [-0.1, -0.05) is 6.07 Å². The molecule has 168 valence electrons. The van der Waals surface area contributed by atoms with Crippen molar-refractivity contribution in [3.05, 3.63) is 51.2 Å². The zero-order chi connectivity index (χ0) is 22.7. The van der Waals surface area contributed by atoms with Gasteiger partial charge in [0.15, 0.2) is 18.1 Å². The standard InChI is InChI=1S/C23H24N2O5S2/c1-14-21(32-22(24-14)15-8-9-17(28-2)18(12-15)29-3)23(27)30-13-20(26)25-10-4-6-16(25)19-7-5-11-31-19/h5,7-9,11-12,16H,4,6,10,13H2,1-3H3. The number of hydrogen-bond donors (Lipinski definition) is 0. The summed E-state index contributed by atoms with van der Waals surface area (Å²) in [6.07, 6.45) is 1.88. The van der Waals surface area contributed by atoms with Crippen LogP contribution in [-0.4, -0.2) is 49.1 Å². The van der Waals surface area contributed by atoms with Gasteiger partial charge in [-0.15, -0.1) is 22.7 Å². The van der Waals surface area contributed by atoms with Crippen LogP contribution in [0.1, 0.15) is 39.1 Å². The normalized spacial score (nSPS) is 15.6. The smallest absolute Gasteiger partial charge is 0.350 e. The molecular weight excluding hydrogens is 448 g/mol. The molecule has 9 heteroatoms. The van der Waals surface area contributed by atoms with Gasteiger partial charge in [0.1, 0.15) is 9.88 Å². The molecule has 0 bridgehead atoms. The number of carbonyl (C=O) groups is 2. The lowest BCUT2D eigenvalue weighted by atomic mass is 10.2. The Kier molecular flexibility index (Phi) is 6.76. The number of esters is 1. The topological polar surface area (TPSA) is 78.0 Å². The van der Waals surface area contributed by atoms with Crippen LogP contribution >= 0.6 is 22.7 Å². The van der Waals surface area contributed by atoms with Crippen LogP contribution in [-0.2, 0) is 9.53 Å². The Balaban J connectivity index is 1.43. The van der Waals surface area contributed by atoms with Crippen LogP contribution in [0.5, 0.6) is 11.5 Å². The van der Waals surface area contributed by atoms with Crippen molar-refractivity contribution >= 4 is 34.6 Å². The first kappa shape index (κ1) is 22.3. The summed E-state index contributed by atoms with van der Waals surface area (Å²) in [6.45, 7) is 2.16. The van der Waals surface area contributed by atoms with Crippen LogP contribution < -0.4 is 9.47 Å². The van der Waals surface area contributed by atoms with Gasteiger partial charge < -0.3 is 19.1 Å². The van der Waals surface area contributed by atoms with Gasteiger partial charge in [0.25, 0.3) is 5.91 Å². The van der Waals surface area contributed by atoms with Gasteiger partial charge >= 0.3 is 5.97 Å². The maximum atomic E-state index is 12.7. The van der Waals surface area contributed by atoms with Gasteiger partial charge in [0.05, 0.1) is 26.0 Å². The van der Waals surface area contributed by atoms with E-state index in [0.717, 1.165) is 18.4 Å². The van der Waals surface area contributed by atoms with Crippen molar-refractivity contribution in [1.82, 2.24) is 9.88 Å². The summed E-state index contributed by atoms with van der Waals surface area (Å²) in [7, 11) is 3.14. The fourth-order valence-corrected chi connectivity index (χ4v) is 5.63. The van der Waals surface area contributed by atoms with Crippen LogP contribution in [0.25, 0.3) is 10.6 Å². The van der Waals surface area contributed by atoms with Crippen LogP contribution in [0, 0.1) is 6.92 Å². The largest absolute Gasteiger partial charge is 0.493 e. The number of rotatable bonds is 7. The molecule has 1 aromatic carbocycles. The van der Waals surface area contributed by atoms with E-state index >= 15 is 0 Å². The third-order valence-electron chi connectivity index (χ3n) is 5.38. The second-order valence-electron chi connectivity index (χ2n) is 7.34. The summed E-state index contributed by atoms with van der Waals surface area (Å²) in [4.78, 5) is 33.3. The molecule has 1 unspecified atom stereocenters. The molecule has 7 nitrogen and oxygen atoms in total. The Hall–Kier alpha value is -2.91.